The van der Waals surface area contributed by atoms with Crippen molar-refractivity contribution < 1.29 is 19.1 Å². The molecule has 3 amide bonds. The fraction of sp³-hybridized carbons (Fsp3) is 0.391. The largest absolute Gasteiger partial charge is 0.497 e. The Kier molecular flexibility index (Phi) is 6.82. The quantitative estimate of drug-likeness (QED) is 0.760. The molecule has 0 bridgehead atoms. The Morgan fingerprint density at radius 3 is 2.67 bits per heavy atom. The number of ether oxygens (including phenoxy) is 2. The first-order valence-electron chi connectivity index (χ1n) is 10.1. The summed E-state index contributed by atoms with van der Waals surface area (Å²) in [6.45, 7) is 3.30. The predicted molar refractivity (Wildman–Crippen MR) is 116 cm³/mol. The fourth-order valence-corrected chi connectivity index (χ4v) is 3.72. The van der Waals surface area contributed by atoms with Gasteiger partial charge in [0.15, 0.2) is 0 Å². The second-order valence-corrected chi connectivity index (χ2v) is 7.75. The first-order valence-corrected chi connectivity index (χ1v) is 10.1. The normalized spacial score (nSPS) is 18.4. The highest BCUT2D eigenvalue weighted by molar-refractivity contribution is 5.92. The molecule has 1 heterocycles. The summed E-state index contributed by atoms with van der Waals surface area (Å²) in [5, 5.41) is 5.91. The number of carbonyl (C=O) groups is 2. The molecule has 1 aliphatic heterocycles. The molecule has 1 atom stereocenters. The van der Waals surface area contributed by atoms with Crippen molar-refractivity contribution >= 4 is 17.6 Å². The summed E-state index contributed by atoms with van der Waals surface area (Å²) in [4.78, 5) is 27.5. The molecule has 1 saturated heterocycles. The van der Waals surface area contributed by atoms with Crippen LogP contribution in [-0.2, 0) is 11.3 Å². The summed E-state index contributed by atoms with van der Waals surface area (Å²) in [5.74, 6) is 1.30. The molecule has 160 valence electrons. The maximum atomic E-state index is 13.0. The Labute approximate surface area is 177 Å². The van der Waals surface area contributed by atoms with E-state index in [0.29, 0.717) is 31.1 Å². The maximum absolute atomic E-state index is 13.0. The minimum absolute atomic E-state index is 0.0555. The van der Waals surface area contributed by atoms with Crippen LogP contribution in [0.4, 0.5) is 10.5 Å². The number of hydrogen-bond acceptors (Lipinski definition) is 4. The second kappa shape index (κ2) is 9.52. The van der Waals surface area contributed by atoms with E-state index in [1.54, 1.807) is 31.3 Å². The molecule has 1 unspecified atom stereocenters. The van der Waals surface area contributed by atoms with E-state index in [0.717, 1.165) is 24.2 Å². The maximum Gasteiger partial charge on any atom is 0.321 e. The van der Waals surface area contributed by atoms with E-state index in [9.17, 15) is 9.59 Å². The zero-order valence-corrected chi connectivity index (χ0v) is 17.7. The molecule has 2 N–H and O–H groups in total. The molecule has 7 heteroatoms. The number of nitrogens with one attached hydrogen (secondary N) is 2. The number of hydrogen-bond donors (Lipinski definition) is 2. The lowest BCUT2D eigenvalue weighted by Crippen LogP contribution is -2.52. The zero-order valence-electron chi connectivity index (χ0n) is 17.7. The van der Waals surface area contributed by atoms with Gasteiger partial charge in [-0.3, -0.25) is 4.79 Å². The highest BCUT2D eigenvalue weighted by atomic mass is 16.5. The number of urea groups is 1. The third-order valence-corrected chi connectivity index (χ3v) is 5.47. The van der Waals surface area contributed by atoms with Gasteiger partial charge in [-0.1, -0.05) is 24.3 Å². The summed E-state index contributed by atoms with van der Waals surface area (Å²) in [7, 11) is 3.18. The predicted octanol–water partition coefficient (Wildman–Crippen LogP) is 3.65. The van der Waals surface area contributed by atoms with E-state index in [4.69, 9.17) is 9.47 Å². The molecule has 0 radical (unpaired) electrons. The molecule has 7 nitrogen and oxygen atoms in total. The average molecular weight is 412 g/mol. The van der Waals surface area contributed by atoms with Crippen molar-refractivity contribution in [3.05, 3.63) is 54.1 Å². The molecule has 0 saturated carbocycles. The summed E-state index contributed by atoms with van der Waals surface area (Å²) in [5.41, 5.74) is 0.933. The molecular weight excluding hydrogens is 382 g/mol. The molecule has 0 aromatic heterocycles. The van der Waals surface area contributed by atoms with E-state index >= 15 is 0 Å². The number of para-hydroxylation sites is 2. The molecule has 2 aromatic carbocycles. The Hall–Kier alpha value is -3.22. The van der Waals surface area contributed by atoms with E-state index < -0.39 is 5.41 Å². The Morgan fingerprint density at radius 1 is 1.10 bits per heavy atom. The number of anilines is 1. The number of rotatable bonds is 6. The number of nitrogens with zero attached hydrogens (tertiary/aromatic N) is 1. The van der Waals surface area contributed by atoms with E-state index in [1.165, 1.54) is 0 Å². The topological polar surface area (TPSA) is 79.9 Å². The summed E-state index contributed by atoms with van der Waals surface area (Å²) >= 11 is 0. The second-order valence-electron chi connectivity index (χ2n) is 7.75. The van der Waals surface area contributed by atoms with Crippen LogP contribution in [0.25, 0.3) is 0 Å². The Bertz CT molecular complexity index is 902. The van der Waals surface area contributed by atoms with Gasteiger partial charge >= 0.3 is 6.03 Å². The smallest absolute Gasteiger partial charge is 0.321 e. The molecule has 0 spiro atoms. The molecule has 1 aliphatic rings. The first-order chi connectivity index (χ1) is 14.4. The average Bonchev–Trinajstić information content (AvgIpc) is 2.78. The minimum Gasteiger partial charge on any atom is -0.497 e. The van der Waals surface area contributed by atoms with E-state index in [1.807, 2.05) is 43.3 Å². The van der Waals surface area contributed by atoms with Crippen LogP contribution in [0, 0.1) is 5.41 Å². The summed E-state index contributed by atoms with van der Waals surface area (Å²) in [6.07, 6.45) is 1.50. The van der Waals surface area contributed by atoms with Crippen LogP contribution < -0.4 is 20.1 Å². The van der Waals surface area contributed by atoms with Crippen molar-refractivity contribution in [3.8, 4) is 11.5 Å². The molecule has 1 fully saturated rings. The summed E-state index contributed by atoms with van der Waals surface area (Å²) in [6, 6.07) is 14.6. The lowest BCUT2D eigenvalue weighted by molar-refractivity contribution is -0.132. The van der Waals surface area contributed by atoms with Crippen molar-refractivity contribution in [2.24, 2.45) is 5.41 Å². The highest BCUT2D eigenvalue weighted by Gasteiger charge is 2.39. The van der Waals surface area contributed by atoms with E-state index in [2.05, 4.69) is 10.6 Å². The zero-order chi connectivity index (χ0) is 21.6. The SMILES string of the molecule is COc1cccc(CNC(=O)C2(C)CCCN(C(=O)Nc3ccccc3OC)C2)c1. The number of carbonyl (C=O) groups excluding carboxylic acids is 2. The van der Waals surface area contributed by atoms with Crippen molar-refractivity contribution in [1.82, 2.24) is 10.2 Å². The third kappa shape index (κ3) is 5.03. The van der Waals surface area contributed by atoms with Crippen molar-refractivity contribution in [1.29, 1.82) is 0 Å². The van der Waals surface area contributed by atoms with Gasteiger partial charge in [0, 0.05) is 19.6 Å². The highest BCUT2D eigenvalue weighted by Crippen LogP contribution is 2.31. The molecule has 3 rings (SSSR count). The van der Waals surface area contributed by atoms with Gasteiger partial charge in [0.1, 0.15) is 11.5 Å². The van der Waals surface area contributed by atoms with Crippen molar-refractivity contribution in [2.45, 2.75) is 26.3 Å². The fourth-order valence-electron chi connectivity index (χ4n) is 3.72. The first kappa shape index (κ1) is 21.5. The van der Waals surface area contributed by atoms with Gasteiger partial charge in [-0.2, -0.15) is 0 Å². The lowest BCUT2D eigenvalue weighted by Gasteiger charge is -2.39. The van der Waals surface area contributed by atoms with Gasteiger partial charge in [-0.25, -0.2) is 4.79 Å². The third-order valence-electron chi connectivity index (χ3n) is 5.47. The van der Waals surface area contributed by atoms with Gasteiger partial charge in [0.05, 0.1) is 25.3 Å². The standard InChI is InChI=1S/C23H29N3O4/c1-23(21(27)24-15-17-8-6-9-18(14-17)29-2)12-7-13-26(16-23)22(28)25-19-10-4-5-11-20(19)30-3/h4-6,8-11,14H,7,12-13,15-16H2,1-3H3,(H,24,27)(H,25,28). The molecule has 30 heavy (non-hydrogen) atoms. The Balaban J connectivity index is 1.61. The van der Waals surface area contributed by atoms with Crippen LogP contribution in [0.5, 0.6) is 11.5 Å². The molecule has 0 aliphatic carbocycles. The van der Waals surface area contributed by atoms with Gasteiger partial charge in [-0.05, 0) is 49.6 Å². The minimum atomic E-state index is -0.644. The van der Waals surface area contributed by atoms with Crippen molar-refractivity contribution in [2.75, 3.05) is 32.6 Å². The van der Waals surface area contributed by atoms with Gasteiger partial charge in [0.2, 0.25) is 5.91 Å². The monoisotopic (exact) mass is 411 g/mol. The number of likely N-dealkylation sites (tertiary alicyclic amines) is 1. The van der Waals surface area contributed by atoms with Crippen LogP contribution in [0.1, 0.15) is 25.3 Å². The molecule has 2 aromatic rings. The van der Waals surface area contributed by atoms with Gasteiger partial charge < -0.3 is 25.0 Å². The molecular formula is C23H29N3O4. The Morgan fingerprint density at radius 2 is 1.90 bits per heavy atom. The summed E-state index contributed by atoms with van der Waals surface area (Å²) < 4.78 is 10.5. The number of benzene rings is 2. The van der Waals surface area contributed by atoms with Crippen LogP contribution in [0.3, 0.4) is 0 Å². The van der Waals surface area contributed by atoms with Crippen LogP contribution in [0.15, 0.2) is 48.5 Å². The van der Waals surface area contributed by atoms with Gasteiger partial charge in [-0.15, -0.1) is 0 Å². The number of amides is 3. The number of methoxy groups -OCH3 is 2. The van der Waals surface area contributed by atoms with Crippen LogP contribution in [0.2, 0.25) is 0 Å². The van der Waals surface area contributed by atoms with Crippen molar-refractivity contribution in [3.63, 3.8) is 0 Å². The number of piperidine rings is 1. The van der Waals surface area contributed by atoms with E-state index in [-0.39, 0.29) is 11.9 Å². The van der Waals surface area contributed by atoms with Crippen LogP contribution >= 0.6 is 0 Å². The van der Waals surface area contributed by atoms with Crippen LogP contribution in [-0.4, -0.2) is 44.1 Å². The lowest BCUT2D eigenvalue weighted by atomic mass is 9.81. The van der Waals surface area contributed by atoms with Gasteiger partial charge in [0.25, 0.3) is 0 Å².